The van der Waals surface area contributed by atoms with Gasteiger partial charge in [-0.2, -0.15) is 8.75 Å². The van der Waals surface area contributed by atoms with Gasteiger partial charge in [-0.1, -0.05) is 27.2 Å². The van der Waals surface area contributed by atoms with E-state index in [2.05, 4.69) is 21.0 Å². The lowest BCUT2D eigenvalue weighted by Crippen LogP contribution is -2.12. The molecule has 0 aromatic carbocycles. The van der Waals surface area contributed by atoms with Gasteiger partial charge in [-0.15, -0.1) is 0 Å². The van der Waals surface area contributed by atoms with E-state index in [1.165, 1.54) is 24.6 Å². The zero-order valence-electron chi connectivity index (χ0n) is 10.4. The molecule has 0 aliphatic rings. The molecule has 5 heteroatoms. The van der Waals surface area contributed by atoms with Crippen LogP contribution in [0.15, 0.2) is 0 Å². The molecule has 1 aromatic heterocycles. The first-order valence-electron chi connectivity index (χ1n) is 5.49. The summed E-state index contributed by atoms with van der Waals surface area (Å²) in [6, 6.07) is 0. The molecule has 0 radical (unpaired) electrons. The quantitative estimate of drug-likeness (QED) is 0.790. The van der Waals surface area contributed by atoms with E-state index in [4.69, 9.17) is 0 Å². The molecule has 0 saturated heterocycles. The van der Waals surface area contributed by atoms with E-state index >= 15 is 0 Å². The molecule has 0 bridgehead atoms. The molecule has 1 aromatic rings. The average molecular weight is 230 g/mol. The second kappa shape index (κ2) is 8.47. The van der Waals surface area contributed by atoms with Crippen LogP contribution in [0.25, 0.3) is 0 Å². The highest BCUT2D eigenvalue weighted by Gasteiger charge is 2.07. The minimum atomic E-state index is 0.906. The third kappa shape index (κ3) is 4.97. The van der Waals surface area contributed by atoms with E-state index < -0.39 is 0 Å². The summed E-state index contributed by atoms with van der Waals surface area (Å²) in [5.41, 5.74) is 0. The van der Waals surface area contributed by atoms with Gasteiger partial charge in [-0.3, -0.25) is 0 Å². The van der Waals surface area contributed by atoms with Crippen molar-refractivity contribution < 1.29 is 0 Å². The predicted octanol–water partition coefficient (Wildman–Crippen LogP) is 2.84. The number of hydrogen-bond acceptors (Lipinski definition) is 5. The van der Waals surface area contributed by atoms with Gasteiger partial charge in [-0.05, 0) is 6.42 Å². The number of anilines is 2. The largest absolute Gasteiger partial charge is 0.366 e. The van der Waals surface area contributed by atoms with Crippen LogP contribution in [0.5, 0.6) is 0 Å². The second-order valence-electron chi connectivity index (χ2n) is 3.11. The van der Waals surface area contributed by atoms with Crippen LogP contribution in [0.2, 0.25) is 0 Å². The SMILES string of the molecule is CC.CCCCNc1nsnc1N(C)C. The first kappa shape index (κ1) is 14.2. The fourth-order valence-corrected chi connectivity index (χ4v) is 1.57. The van der Waals surface area contributed by atoms with E-state index in [1.54, 1.807) is 0 Å². The van der Waals surface area contributed by atoms with Gasteiger partial charge in [0.05, 0.1) is 11.7 Å². The summed E-state index contributed by atoms with van der Waals surface area (Å²) in [5.74, 6) is 1.84. The molecule has 0 unspecified atom stereocenters. The van der Waals surface area contributed by atoms with Gasteiger partial charge in [-0.25, -0.2) is 0 Å². The van der Waals surface area contributed by atoms with Gasteiger partial charge >= 0.3 is 0 Å². The Balaban J connectivity index is 0.000000921. The van der Waals surface area contributed by atoms with Crippen LogP contribution in [0.4, 0.5) is 11.6 Å². The Labute approximate surface area is 97.0 Å². The molecule has 88 valence electrons. The lowest BCUT2D eigenvalue weighted by atomic mass is 10.3. The van der Waals surface area contributed by atoms with Gasteiger partial charge in [0, 0.05) is 20.6 Å². The Morgan fingerprint density at radius 2 is 1.93 bits per heavy atom. The second-order valence-corrected chi connectivity index (χ2v) is 3.64. The van der Waals surface area contributed by atoms with Crippen molar-refractivity contribution in [2.75, 3.05) is 30.9 Å². The molecule has 0 atom stereocenters. The summed E-state index contributed by atoms with van der Waals surface area (Å²) in [6.07, 6.45) is 2.37. The van der Waals surface area contributed by atoms with Crippen molar-refractivity contribution in [3.63, 3.8) is 0 Å². The summed E-state index contributed by atoms with van der Waals surface area (Å²) in [4.78, 5) is 1.97. The van der Waals surface area contributed by atoms with Crippen LogP contribution in [0.1, 0.15) is 33.6 Å². The van der Waals surface area contributed by atoms with E-state index in [9.17, 15) is 0 Å². The zero-order valence-corrected chi connectivity index (χ0v) is 11.2. The van der Waals surface area contributed by atoms with Crippen molar-refractivity contribution in [1.29, 1.82) is 0 Å². The summed E-state index contributed by atoms with van der Waals surface area (Å²) in [7, 11) is 3.95. The highest BCUT2D eigenvalue weighted by Crippen LogP contribution is 2.20. The number of nitrogens with one attached hydrogen (secondary N) is 1. The third-order valence-electron chi connectivity index (χ3n) is 1.72. The van der Waals surface area contributed by atoms with E-state index in [0.29, 0.717) is 0 Å². The molecular weight excluding hydrogens is 208 g/mol. The summed E-state index contributed by atoms with van der Waals surface area (Å²) >= 11 is 1.25. The van der Waals surface area contributed by atoms with Crippen LogP contribution >= 0.6 is 11.7 Å². The normalized spacial score (nSPS) is 9.13. The van der Waals surface area contributed by atoms with Crippen molar-refractivity contribution in [3.8, 4) is 0 Å². The third-order valence-corrected chi connectivity index (χ3v) is 2.24. The molecule has 1 N–H and O–H groups in total. The van der Waals surface area contributed by atoms with Gasteiger partial charge in [0.15, 0.2) is 11.6 Å². The highest BCUT2D eigenvalue weighted by molar-refractivity contribution is 6.99. The standard InChI is InChI=1S/C8H16N4S.C2H6/c1-4-5-6-9-7-8(12(2)3)11-13-10-7;1-2/h4-6H2,1-3H3,(H,9,10);1-2H3. The van der Waals surface area contributed by atoms with Crippen molar-refractivity contribution >= 4 is 23.4 Å². The Morgan fingerprint density at radius 1 is 1.27 bits per heavy atom. The predicted molar refractivity (Wildman–Crippen MR) is 69.0 cm³/mol. The summed E-state index contributed by atoms with van der Waals surface area (Å²) in [5, 5.41) is 3.27. The molecule has 0 spiro atoms. The maximum atomic E-state index is 4.19. The maximum Gasteiger partial charge on any atom is 0.186 e. The molecular formula is C10H22N4S. The van der Waals surface area contributed by atoms with Gasteiger partial charge in [0.25, 0.3) is 0 Å². The topological polar surface area (TPSA) is 41.1 Å². The fourth-order valence-electron chi connectivity index (χ4n) is 0.972. The Bertz CT molecular complexity index is 247. The number of hydrogen-bond donors (Lipinski definition) is 1. The molecule has 15 heavy (non-hydrogen) atoms. The minimum Gasteiger partial charge on any atom is -0.366 e. The monoisotopic (exact) mass is 230 g/mol. The average Bonchev–Trinajstić information content (AvgIpc) is 2.70. The zero-order chi connectivity index (χ0) is 11.7. The van der Waals surface area contributed by atoms with Gasteiger partial charge in [0.1, 0.15) is 0 Å². The Kier molecular flexibility index (Phi) is 7.99. The fraction of sp³-hybridized carbons (Fsp3) is 0.800. The number of nitrogens with zero attached hydrogens (tertiary/aromatic N) is 3. The summed E-state index contributed by atoms with van der Waals surface area (Å²) < 4.78 is 8.38. The molecule has 4 nitrogen and oxygen atoms in total. The molecule has 1 rings (SSSR count). The van der Waals surface area contributed by atoms with Crippen LogP contribution in [0.3, 0.4) is 0 Å². The van der Waals surface area contributed by atoms with Crippen molar-refractivity contribution in [3.05, 3.63) is 0 Å². The van der Waals surface area contributed by atoms with Crippen molar-refractivity contribution in [2.45, 2.75) is 33.6 Å². The van der Waals surface area contributed by atoms with Crippen LogP contribution in [-0.2, 0) is 0 Å². The number of aromatic nitrogens is 2. The maximum absolute atomic E-state index is 4.19. The first-order chi connectivity index (χ1) is 7.25. The Hall–Kier alpha value is -0.840. The molecule has 1 heterocycles. The van der Waals surface area contributed by atoms with E-state index in [0.717, 1.165) is 18.2 Å². The van der Waals surface area contributed by atoms with Crippen molar-refractivity contribution in [1.82, 2.24) is 8.75 Å². The summed E-state index contributed by atoms with van der Waals surface area (Å²) in [6.45, 7) is 7.15. The van der Waals surface area contributed by atoms with Crippen LogP contribution in [0, 0.1) is 0 Å². The highest BCUT2D eigenvalue weighted by atomic mass is 32.1. The molecule has 0 fully saturated rings. The van der Waals surface area contributed by atoms with Crippen molar-refractivity contribution in [2.24, 2.45) is 0 Å². The molecule has 0 saturated carbocycles. The minimum absolute atomic E-state index is 0.906. The lowest BCUT2D eigenvalue weighted by molar-refractivity contribution is 0.831. The van der Waals surface area contributed by atoms with E-state index in [1.807, 2.05) is 32.8 Å². The molecule has 0 aliphatic carbocycles. The van der Waals surface area contributed by atoms with Gasteiger partial charge < -0.3 is 10.2 Å². The molecule has 0 aliphatic heterocycles. The van der Waals surface area contributed by atoms with Gasteiger partial charge in [0.2, 0.25) is 0 Å². The van der Waals surface area contributed by atoms with Crippen LogP contribution < -0.4 is 10.2 Å². The lowest BCUT2D eigenvalue weighted by Gasteiger charge is -2.10. The van der Waals surface area contributed by atoms with E-state index in [-0.39, 0.29) is 0 Å². The number of unbranched alkanes of at least 4 members (excludes halogenated alkanes) is 1. The number of rotatable bonds is 5. The Morgan fingerprint density at radius 3 is 2.47 bits per heavy atom. The smallest absolute Gasteiger partial charge is 0.186 e. The first-order valence-corrected chi connectivity index (χ1v) is 6.22. The van der Waals surface area contributed by atoms with Crippen LogP contribution in [-0.4, -0.2) is 29.4 Å². The molecule has 0 amide bonds.